The molecule has 1 aliphatic rings. The summed E-state index contributed by atoms with van der Waals surface area (Å²) in [4.78, 5) is 13.9. The van der Waals surface area contributed by atoms with Crippen LogP contribution in [0.15, 0.2) is 73.7 Å². The summed E-state index contributed by atoms with van der Waals surface area (Å²) < 4.78 is 2.14. The van der Waals surface area contributed by atoms with E-state index < -0.39 is 0 Å². The lowest BCUT2D eigenvalue weighted by Crippen LogP contribution is -2.18. The van der Waals surface area contributed by atoms with E-state index in [-0.39, 0.29) is 0 Å². The lowest BCUT2D eigenvalue weighted by molar-refractivity contribution is 0.331. The lowest BCUT2D eigenvalue weighted by atomic mass is 10.2. The smallest absolute Gasteiger partial charge is 0.188 e. The maximum Gasteiger partial charge on any atom is 0.188 e. The number of thiazole rings is 1. The number of fused-ring (bicyclic) bond motifs is 1. The fourth-order valence-electron chi connectivity index (χ4n) is 4.46. The van der Waals surface area contributed by atoms with Crippen molar-refractivity contribution >= 4 is 55.5 Å². The van der Waals surface area contributed by atoms with Gasteiger partial charge < -0.3 is 16.4 Å². The van der Waals surface area contributed by atoms with Gasteiger partial charge in [0, 0.05) is 24.6 Å². The van der Waals surface area contributed by atoms with Crippen molar-refractivity contribution in [2.24, 2.45) is 0 Å². The number of pyridine rings is 1. The summed E-state index contributed by atoms with van der Waals surface area (Å²) in [5.41, 5.74) is 11.7. The van der Waals surface area contributed by atoms with Crippen LogP contribution in [0.5, 0.6) is 0 Å². The van der Waals surface area contributed by atoms with Gasteiger partial charge in [0.1, 0.15) is 5.65 Å². The highest BCUT2D eigenvalue weighted by molar-refractivity contribution is 7.20. The van der Waals surface area contributed by atoms with E-state index in [1.165, 1.54) is 31.5 Å². The average Bonchev–Trinajstić information content (AvgIpc) is 3.68. The van der Waals surface area contributed by atoms with Crippen molar-refractivity contribution in [1.29, 1.82) is 0 Å². The van der Waals surface area contributed by atoms with E-state index in [9.17, 15) is 0 Å². The molecular formula is C27H27N7S2. The molecule has 0 amide bonds. The second kappa shape index (κ2) is 9.77. The van der Waals surface area contributed by atoms with Crippen molar-refractivity contribution in [2.45, 2.75) is 19.4 Å². The van der Waals surface area contributed by atoms with Crippen molar-refractivity contribution in [3.05, 3.63) is 84.1 Å². The van der Waals surface area contributed by atoms with Crippen molar-refractivity contribution in [3.63, 3.8) is 0 Å². The number of nitrogen functional groups attached to an aromatic ring is 1. The third kappa shape index (κ3) is 4.73. The molecule has 1 fully saturated rings. The van der Waals surface area contributed by atoms with Crippen LogP contribution in [-0.2, 0) is 6.54 Å². The van der Waals surface area contributed by atoms with Crippen LogP contribution >= 0.6 is 22.7 Å². The molecule has 1 aliphatic heterocycles. The van der Waals surface area contributed by atoms with Crippen LogP contribution in [0.1, 0.15) is 23.3 Å². The summed E-state index contributed by atoms with van der Waals surface area (Å²) in [5, 5.41) is 8.57. The van der Waals surface area contributed by atoms with Gasteiger partial charge in [-0.05, 0) is 67.9 Å². The first-order valence-corrected chi connectivity index (χ1v) is 13.6. The Hall–Kier alpha value is -3.66. The summed E-state index contributed by atoms with van der Waals surface area (Å²) in [6, 6.07) is 16.2. The number of nitrogens with zero attached hydrogens (tertiary/aromatic N) is 4. The van der Waals surface area contributed by atoms with E-state index in [2.05, 4.69) is 54.8 Å². The molecule has 36 heavy (non-hydrogen) atoms. The summed E-state index contributed by atoms with van der Waals surface area (Å²) in [5.74, 6) is 0. The largest absolute Gasteiger partial charge is 0.397 e. The van der Waals surface area contributed by atoms with Crippen LogP contribution in [0.3, 0.4) is 0 Å². The molecule has 4 aromatic heterocycles. The number of hydrogen-bond donors (Lipinski definition) is 3. The Kier molecular flexibility index (Phi) is 6.18. The fraction of sp³-hybridized carbons (Fsp3) is 0.185. The molecular weight excluding hydrogens is 486 g/mol. The highest BCUT2D eigenvalue weighted by atomic mass is 32.1. The van der Waals surface area contributed by atoms with Crippen molar-refractivity contribution in [2.75, 3.05) is 29.5 Å². The van der Waals surface area contributed by atoms with Crippen LogP contribution in [0.4, 0.5) is 21.5 Å². The number of aromatic nitrogens is 3. The number of benzene rings is 1. The van der Waals surface area contributed by atoms with Crippen molar-refractivity contribution in [3.8, 4) is 10.6 Å². The van der Waals surface area contributed by atoms with Gasteiger partial charge >= 0.3 is 0 Å². The molecule has 0 atom stereocenters. The zero-order valence-electron chi connectivity index (χ0n) is 19.8. The van der Waals surface area contributed by atoms with E-state index >= 15 is 0 Å². The Labute approximate surface area is 217 Å². The van der Waals surface area contributed by atoms with Gasteiger partial charge in [-0.25, -0.2) is 9.97 Å². The maximum atomic E-state index is 6.04. The maximum absolute atomic E-state index is 6.04. The quantitative estimate of drug-likeness (QED) is 0.205. The summed E-state index contributed by atoms with van der Waals surface area (Å²) in [7, 11) is 0. The van der Waals surface area contributed by atoms with Crippen LogP contribution in [0.2, 0.25) is 0 Å². The minimum atomic E-state index is 0.694. The molecule has 0 unspecified atom stereocenters. The minimum absolute atomic E-state index is 0.694. The number of rotatable bonds is 8. The predicted molar refractivity (Wildman–Crippen MR) is 152 cm³/mol. The Morgan fingerprint density at radius 2 is 1.89 bits per heavy atom. The first-order valence-electron chi connectivity index (χ1n) is 11.9. The van der Waals surface area contributed by atoms with E-state index in [1.807, 2.05) is 48.8 Å². The number of anilines is 4. The molecule has 0 aliphatic carbocycles. The van der Waals surface area contributed by atoms with Crippen molar-refractivity contribution in [1.82, 2.24) is 19.3 Å². The molecule has 5 heterocycles. The van der Waals surface area contributed by atoms with Gasteiger partial charge in [-0.2, -0.15) is 0 Å². The number of para-hydroxylation sites is 2. The number of hydrogen-bond acceptors (Lipinski definition) is 8. The van der Waals surface area contributed by atoms with Crippen LogP contribution < -0.4 is 16.4 Å². The highest BCUT2D eigenvalue weighted by Crippen LogP contribution is 2.35. The standard InChI is InChI=1S/C27H27N7S2/c1-18(31-21-7-3-2-6-20(21)28)23-8-9-26(35-23)32-27-30-16-24(36-27)22-15-29-25-14-19(10-13-34(22)25)17-33-11-4-5-12-33/h2-3,6-10,13-16,31H,1,4-5,11-12,17,28H2,(H,30,32). The van der Waals surface area contributed by atoms with Gasteiger partial charge in [0.2, 0.25) is 0 Å². The van der Waals surface area contributed by atoms with Gasteiger partial charge in [0.15, 0.2) is 5.13 Å². The van der Waals surface area contributed by atoms with Gasteiger partial charge in [-0.15, -0.1) is 11.3 Å². The topological polar surface area (TPSA) is 83.5 Å². The monoisotopic (exact) mass is 513 g/mol. The molecule has 9 heteroatoms. The van der Waals surface area contributed by atoms with Crippen LogP contribution in [0.25, 0.3) is 21.9 Å². The third-order valence-electron chi connectivity index (χ3n) is 6.32. The molecule has 1 aromatic carbocycles. The van der Waals surface area contributed by atoms with E-state index in [0.717, 1.165) is 49.2 Å². The Morgan fingerprint density at radius 1 is 1.03 bits per heavy atom. The van der Waals surface area contributed by atoms with Gasteiger partial charge in [-0.1, -0.05) is 30.0 Å². The number of nitrogens with two attached hydrogens (primary N) is 1. The van der Waals surface area contributed by atoms with Gasteiger partial charge in [0.25, 0.3) is 0 Å². The summed E-state index contributed by atoms with van der Waals surface area (Å²) in [6.45, 7) is 7.56. The van der Waals surface area contributed by atoms with E-state index in [1.54, 1.807) is 22.7 Å². The fourth-order valence-corrected chi connectivity index (χ4v) is 6.19. The SMILES string of the molecule is C=C(Nc1ccccc1N)c1ccc(Nc2ncc(-c3cnc4cc(CN5CCCC5)ccn34)s2)s1. The number of nitrogens with one attached hydrogen (secondary N) is 2. The molecule has 7 nitrogen and oxygen atoms in total. The molecule has 6 rings (SSSR count). The van der Waals surface area contributed by atoms with Gasteiger partial charge in [-0.3, -0.25) is 9.30 Å². The second-order valence-corrected chi connectivity index (χ2v) is 11.0. The molecule has 0 saturated carbocycles. The first kappa shape index (κ1) is 22.8. The van der Waals surface area contributed by atoms with E-state index in [4.69, 9.17) is 5.73 Å². The lowest BCUT2D eigenvalue weighted by Gasteiger charge is -2.14. The Bertz CT molecular complexity index is 1520. The molecule has 0 spiro atoms. The van der Waals surface area contributed by atoms with Crippen LogP contribution in [-0.4, -0.2) is 32.4 Å². The highest BCUT2D eigenvalue weighted by Gasteiger charge is 2.14. The Morgan fingerprint density at radius 3 is 2.75 bits per heavy atom. The van der Waals surface area contributed by atoms with Gasteiger partial charge in [0.05, 0.1) is 38.0 Å². The molecule has 0 radical (unpaired) electrons. The molecule has 4 N–H and O–H groups in total. The number of likely N-dealkylation sites (tertiary alicyclic amines) is 1. The molecule has 5 aromatic rings. The second-order valence-electron chi connectivity index (χ2n) is 8.90. The Balaban J connectivity index is 1.14. The normalized spacial score (nSPS) is 13.9. The third-order valence-corrected chi connectivity index (χ3v) is 8.32. The summed E-state index contributed by atoms with van der Waals surface area (Å²) >= 11 is 3.23. The zero-order chi connectivity index (χ0) is 24.5. The molecule has 182 valence electrons. The van der Waals surface area contributed by atoms with Crippen LogP contribution in [0, 0.1) is 0 Å². The zero-order valence-corrected chi connectivity index (χ0v) is 21.4. The first-order chi connectivity index (χ1) is 17.6. The molecule has 1 saturated heterocycles. The number of thiophene rings is 1. The average molecular weight is 514 g/mol. The minimum Gasteiger partial charge on any atom is -0.397 e. The summed E-state index contributed by atoms with van der Waals surface area (Å²) in [6.07, 6.45) is 8.57. The molecule has 0 bridgehead atoms. The van der Waals surface area contributed by atoms with Crippen molar-refractivity contribution < 1.29 is 0 Å². The number of imidazole rings is 1. The van der Waals surface area contributed by atoms with E-state index in [0.29, 0.717) is 5.69 Å². The predicted octanol–water partition coefficient (Wildman–Crippen LogP) is 6.52.